The van der Waals surface area contributed by atoms with Gasteiger partial charge in [0.2, 0.25) is 5.91 Å². The van der Waals surface area contributed by atoms with Crippen LogP contribution in [-0.4, -0.2) is 39.8 Å². The van der Waals surface area contributed by atoms with Crippen molar-refractivity contribution in [1.82, 2.24) is 0 Å². The van der Waals surface area contributed by atoms with E-state index in [1.165, 1.54) is 31.4 Å². The van der Waals surface area contributed by atoms with Gasteiger partial charge in [0.05, 0.1) is 32.1 Å². The van der Waals surface area contributed by atoms with Crippen molar-refractivity contribution in [2.75, 3.05) is 49.4 Å². The molecule has 2 aromatic carbocycles. The Morgan fingerprint density at radius 2 is 1.61 bits per heavy atom. The molecule has 6 nitrogen and oxygen atoms in total. The van der Waals surface area contributed by atoms with Crippen LogP contribution >= 0.6 is 0 Å². The first kappa shape index (κ1) is 19.9. The Morgan fingerprint density at radius 3 is 2.25 bits per heavy atom. The summed E-state index contributed by atoms with van der Waals surface area (Å²) in [5.74, 6) is 1.14. The second-order valence-corrected chi connectivity index (χ2v) is 6.92. The van der Waals surface area contributed by atoms with Gasteiger partial charge in [-0.05, 0) is 25.0 Å². The van der Waals surface area contributed by atoms with Gasteiger partial charge in [-0.25, -0.2) is 0 Å². The minimum absolute atomic E-state index is 0.124. The zero-order valence-electron chi connectivity index (χ0n) is 16.7. The van der Waals surface area contributed by atoms with Crippen molar-refractivity contribution in [2.24, 2.45) is 0 Å². The molecule has 28 heavy (non-hydrogen) atoms. The summed E-state index contributed by atoms with van der Waals surface area (Å²) < 4.78 is 10.5. The Bertz CT molecular complexity index is 764. The number of methoxy groups -OCH3 is 2. The normalized spacial score (nSPS) is 14.1. The van der Waals surface area contributed by atoms with Crippen LogP contribution < -0.4 is 25.0 Å². The number of ether oxygens (including phenoxy) is 2. The average molecular weight is 383 g/mol. The van der Waals surface area contributed by atoms with E-state index in [0.29, 0.717) is 17.2 Å². The average Bonchev–Trinajstić information content (AvgIpc) is 3.01. The van der Waals surface area contributed by atoms with Crippen LogP contribution in [0.5, 0.6) is 11.5 Å². The van der Waals surface area contributed by atoms with Crippen molar-refractivity contribution in [2.45, 2.75) is 25.7 Å². The zero-order valence-corrected chi connectivity index (χ0v) is 16.7. The van der Waals surface area contributed by atoms with Crippen LogP contribution in [0.4, 0.5) is 17.1 Å². The lowest BCUT2D eigenvalue weighted by atomic mass is 10.2. The van der Waals surface area contributed by atoms with Crippen molar-refractivity contribution < 1.29 is 14.3 Å². The highest BCUT2D eigenvalue weighted by atomic mass is 16.5. The van der Waals surface area contributed by atoms with Gasteiger partial charge >= 0.3 is 0 Å². The predicted octanol–water partition coefficient (Wildman–Crippen LogP) is 4.13. The standard InChI is InChI=1S/C22H29N3O3/c1-27-18-13-17(14-19(15-18)28-2)24-22(26)16-23-20-9-5-6-10-21(20)25-11-7-3-4-8-12-25/h5-6,9-10,13-15,23H,3-4,7-8,11-12,16H2,1-2H3,(H,24,26). The summed E-state index contributed by atoms with van der Waals surface area (Å²) in [7, 11) is 3.17. The summed E-state index contributed by atoms with van der Waals surface area (Å²) >= 11 is 0. The predicted molar refractivity (Wildman–Crippen MR) is 114 cm³/mol. The summed E-state index contributed by atoms with van der Waals surface area (Å²) in [6.45, 7) is 2.31. The molecule has 1 fully saturated rings. The van der Waals surface area contributed by atoms with Crippen molar-refractivity contribution in [3.8, 4) is 11.5 Å². The number of amides is 1. The van der Waals surface area contributed by atoms with Crippen molar-refractivity contribution in [1.29, 1.82) is 0 Å². The molecule has 1 heterocycles. The minimum atomic E-state index is -0.124. The first-order valence-corrected chi connectivity index (χ1v) is 9.80. The Kier molecular flexibility index (Phi) is 7.00. The Morgan fingerprint density at radius 1 is 0.964 bits per heavy atom. The lowest BCUT2D eigenvalue weighted by Gasteiger charge is -2.25. The lowest BCUT2D eigenvalue weighted by Crippen LogP contribution is -2.26. The van der Waals surface area contributed by atoms with Gasteiger partial charge in [-0.15, -0.1) is 0 Å². The fourth-order valence-electron chi connectivity index (χ4n) is 3.47. The molecule has 150 valence electrons. The lowest BCUT2D eigenvalue weighted by molar-refractivity contribution is -0.114. The van der Waals surface area contributed by atoms with E-state index < -0.39 is 0 Å². The second-order valence-electron chi connectivity index (χ2n) is 6.92. The highest BCUT2D eigenvalue weighted by Crippen LogP contribution is 2.28. The van der Waals surface area contributed by atoms with Crippen LogP contribution in [0.25, 0.3) is 0 Å². The third kappa shape index (κ3) is 5.31. The molecule has 0 bridgehead atoms. The van der Waals surface area contributed by atoms with Crippen molar-refractivity contribution >= 4 is 23.0 Å². The van der Waals surface area contributed by atoms with Gasteiger partial charge < -0.3 is 25.0 Å². The highest BCUT2D eigenvalue weighted by Gasteiger charge is 2.14. The van der Waals surface area contributed by atoms with Crippen LogP contribution in [0.15, 0.2) is 42.5 Å². The molecule has 0 spiro atoms. The summed E-state index contributed by atoms with van der Waals surface area (Å²) in [5, 5.41) is 6.19. The van der Waals surface area contributed by atoms with Crippen molar-refractivity contribution in [3.63, 3.8) is 0 Å². The first-order chi connectivity index (χ1) is 13.7. The molecule has 1 saturated heterocycles. The number of benzene rings is 2. The zero-order chi connectivity index (χ0) is 19.8. The van der Waals surface area contributed by atoms with Crippen molar-refractivity contribution in [3.05, 3.63) is 42.5 Å². The SMILES string of the molecule is COc1cc(NC(=O)CNc2ccccc2N2CCCCCC2)cc(OC)c1. The number of nitrogens with zero attached hydrogens (tertiary/aromatic N) is 1. The molecule has 0 aliphatic carbocycles. The van der Waals surface area contributed by atoms with Crippen LogP contribution in [0, 0.1) is 0 Å². The molecular weight excluding hydrogens is 354 g/mol. The quantitative estimate of drug-likeness (QED) is 0.753. The van der Waals surface area contributed by atoms with Gasteiger partial charge in [0.15, 0.2) is 0 Å². The van der Waals surface area contributed by atoms with E-state index in [0.717, 1.165) is 18.8 Å². The molecule has 0 aromatic heterocycles. The van der Waals surface area contributed by atoms with Crippen LogP contribution in [0.3, 0.4) is 0 Å². The fraction of sp³-hybridized carbons (Fsp3) is 0.409. The highest BCUT2D eigenvalue weighted by molar-refractivity contribution is 5.94. The molecule has 1 amide bonds. The van der Waals surface area contributed by atoms with Gasteiger partial charge in [-0.3, -0.25) is 4.79 Å². The summed E-state index contributed by atoms with van der Waals surface area (Å²) in [4.78, 5) is 14.9. The third-order valence-corrected chi connectivity index (χ3v) is 4.93. The number of hydrogen-bond donors (Lipinski definition) is 2. The smallest absolute Gasteiger partial charge is 0.243 e. The number of hydrogen-bond acceptors (Lipinski definition) is 5. The molecule has 2 N–H and O–H groups in total. The van der Waals surface area contributed by atoms with Gasteiger partial charge in [0, 0.05) is 37.0 Å². The topological polar surface area (TPSA) is 62.8 Å². The maximum absolute atomic E-state index is 12.5. The van der Waals surface area contributed by atoms with Crippen LogP contribution in [0.2, 0.25) is 0 Å². The van der Waals surface area contributed by atoms with E-state index in [1.807, 2.05) is 18.2 Å². The molecular formula is C22H29N3O3. The summed E-state index contributed by atoms with van der Waals surface area (Å²) in [5.41, 5.74) is 2.80. The number of rotatable bonds is 7. The molecule has 0 unspecified atom stereocenters. The van der Waals surface area contributed by atoms with E-state index >= 15 is 0 Å². The number of anilines is 3. The van der Waals surface area contributed by atoms with Crippen LogP contribution in [-0.2, 0) is 4.79 Å². The Labute approximate surface area is 166 Å². The maximum atomic E-state index is 12.5. The fourth-order valence-corrected chi connectivity index (χ4v) is 3.47. The van der Waals surface area contributed by atoms with E-state index in [4.69, 9.17) is 9.47 Å². The molecule has 6 heteroatoms. The second kappa shape index (κ2) is 9.88. The number of para-hydroxylation sites is 2. The molecule has 0 radical (unpaired) electrons. The Hall–Kier alpha value is -2.89. The van der Waals surface area contributed by atoms with E-state index in [9.17, 15) is 4.79 Å². The first-order valence-electron chi connectivity index (χ1n) is 9.80. The summed E-state index contributed by atoms with van der Waals surface area (Å²) in [6.07, 6.45) is 5.01. The number of nitrogens with one attached hydrogen (secondary N) is 2. The molecule has 0 saturated carbocycles. The molecule has 0 atom stereocenters. The summed E-state index contributed by atoms with van der Waals surface area (Å²) in [6, 6.07) is 13.5. The molecule has 1 aliphatic rings. The van der Waals surface area contributed by atoms with Crippen LogP contribution in [0.1, 0.15) is 25.7 Å². The number of carbonyl (C=O) groups is 1. The minimum Gasteiger partial charge on any atom is -0.497 e. The van der Waals surface area contributed by atoms with Gasteiger partial charge in [-0.1, -0.05) is 25.0 Å². The molecule has 3 rings (SSSR count). The van der Waals surface area contributed by atoms with E-state index in [1.54, 1.807) is 32.4 Å². The molecule has 2 aromatic rings. The van der Waals surface area contributed by atoms with E-state index in [-0.39, 0.29) is 12.5 Å². The maximum Gasteiger partial charge on any atom is 0.243 e. The van der Waals surface area contributed by atoms with Gasteiger partial charge in [0.1, 0.15) is 11.5 Å². The van der Waals surface area contributed by atoms with Gasteiger partial charge in [-0.2, -0.15) is 0 Å². The number of carbonyl (C=O) groups excluding carboxylic acids is 1. The van der Waals surface area contributed by atoms with E-state index in [2.05, 4.69) is 21.6 Å². The monoisotopic (exact) mass is 383 g/mol. The van der Waals surface area contributed by atoms with Gasteiger partial charge in [0.25, 0.3) is 0 Å². The Balaban J connectivity index is 1.63. The third-order valence-electron chi connectivity index (χ3n) is 4.93. The molecule has 1 aliphatic heterocycles. The largest absolute Gasteiger partial charge is 0.497 e.